The van der Waals surface area contributed by atoms with Gasteiger partial charge in [0, 0.05) is 24.0 Å². The van der Waals surface area contributed by atoms with Crippen molar-refractivity contribution < 1.29 is 0 Å². The fraction of sp³-hybridized carbons (Fsp3) is 0.250. The van der Waals surface area contributed by atoms with Crippen molar-refractivity contribution in [3.8, 4) is 16.8 Å². The molecule has 0 unspecified atom stereocenters. The zero-order chi connectivity index (χ0) is 21.5. The Morgan fingerprint density at radius 2 is 1.83 bits per heavy atom. The lowest BCUT2D eigenvalue weighted by molar-refractivity contribution is 0.434. The SMILES string of the molecule is CCN(C)C.CNCc1cccc(-c2cn(-c3ccccc3)c3nc[nH]c(=O)c23)c1. The topological polar surface area (TPSA) is 66.0 Å². The van der Waals surface area contributed by atoms with Crippen LogP contribution in [0.25, 0.3) is 27.8 Å². The predicted molar refractivity (Wildman–Crippen MR) is 124 cm³/mol. The van der Waals surface area contributed by atoms with E-state index in [2.05, 4.69) is 53.3 Å². The quantitative estimate of drug-likeness (QED) is 0.534. The minimum absolute atomic E-state index is 0.131. The van der Waals surface area contributed by atoms with Crippen molar-refractivity contribution in [3.05, 3.63) is 83.0 Å². The number of aromatic amines is 1. The summed E-state index contributed by atoms with van der Waals surface area (Å²) in [6, 6.07) is 18.1. The van der Waals surface area contributed by atoms with Crippen LogP contribution in [0.15, 0.2) is 71.9 Å². The van der Waals surface area contributed by atoms with E-state index in [1.807, 2.05) is 60.3 Å². The summed E-state index contributed by atoms with van der Waals surface area (Å²) in [7, 11) is 6.03. The predicted octanol–water partition coefficient (Wildman–Crippen LogP) is 3.67. The fourth-order valence-electron chi connectivity index (χ4n) is 3.13. The van der Waals surface area contributed by atoms with Crippen LogP contribution in [0.2, 0.25) is 0 Å². The molecule has 0 fully saturated rings. The Bertz CT molecular complexity index is 1150. The molecule has 0 radical (unpaired) electrons. The number of nitrogens with one attached hydrogen (secondary N) is 2. The van der Waals surface area contributed by atoms with Crippen molar-refractivity contribution in [2.45, 2.75) is 13.5 Å². The van der Waals surface area contributed by atoms with Crippen LogP contribution in [-0.2, 0) is 6.54 Å². The summed E-state index contributed by atoms with van der Waals surface area (Å²) in [5, 5.41) is 3.76. The van der Waals surface area contributed by atoms with Crippen LogP contribution in [0.5, 0.6) is 0 Å². The number of H-pyrrole nitrogens is 1. The smallest absolute Gasteiger partial charge is 0.260 e. The average molecular weight is 404 g/mol. The monoisotopic (exact) mass is 403 g/mol. The number of aromatic nitrogens is 3. The van der Waals surface area contributed by atoms with E-state index in [1.54, 1.807) is 0 Å². The van der Waals surface area contributed by atoms with Gasteiger partial charge in [0.1, 0.15) is 0 Å². The summed E-state index contributed by atoms with van der Waals surface area (Å²) in [4.78, 5) is 21.7. The number of rotatable bonds is 5. The third-order valence-corrected chi connectivity index (χ3v) is 4.87. The maximum atomic E-state index is 12.5. The summed E-state index contributed by atoms with van der Waals surface area (Å²) >= 11 is 0. The average Bonchev–Trinajstić information content (AvgIpc) is 3.16. The van der Waals surface area contributed by atoms with Gasteiger partial charge in [-0.15, -0.1) is 0 Å². The zero-order valence-corrected chi connectivity index (χ0v) is 18.0. The molecule has 156 valence electrons. The number of fused-ring (bicyclic) bond motifs is 1. The molecule has 0 amide bonds. The molecule has 0 aliphatic heterocycles. The van der Waals surface area contributed by atoms with E-state index in [9.17, 15) is 4.79 Å². The molecule has 0 bridgehead atoms. The Morgan fingerprint density at radius 3 is 2.50 bits per heavy atom. The lowest BCUT2D eigenvalue weighted by Crippen LogP contribution is -2.08. The second-order valence-corrected chi connectivity index (χ2v) is 7.31. The van der Waals surface area contributed by atoms with Crippen molar-refractivity contribution in [1.29, 1.82) is 0 Å². The van der Waals surface area contributed by atoms with Crippen molar-refractivity contribution in [2.75, 3.05) is 27.7 Å². The largest absolute Gasteiger partial charge is 0.316 e. The minimum Gasteiger partial charge on any atom is -0.316 e. The molecule has 0 aliphatic carbocycles. The number of hydrogen-bond donors (Lipinski definition) is 2. The second-order valence-electron chi connectivity index (χ2n) is 7.31. The van der Waals surface area contributed by atoms with Gasteiger partial charge in [0.2, 0.25) is 0 Å². The summed E-state index contributed by atoms with van der Waals surface area (Å²) in [6.07, 6.45) is 3.44. The van der Waals surface area contributed by atoms with E-state index in [-0.39, 0.29) is 5.56 Å². The van der Waals surface area contributed by atoms with Crippen LogP contribution in [0, 0.1) is 0 Å². The molecule has 4 rings (SSSR count). The normalized spacial score (nSPS) is 10.8. The molecule has 2 aromatic heterocycles. The molecular weight excluding hydrogens is 374 g/mol. The van der Waals surface area contributed by atoms with Crippen LogP contribution >= 0.6 is 0 Å². The highest BCUT2D eigenvalue weighted by atomic mass is 16.1. The van der Waals surface area contributed by atoms with Gasteiger partial charge >= 0.3 is 0 Å². The van der Waals surface area contributed by atoms with Crippen molar-refractivity contribution in [2.24, 2.45) is 0 Å². The van der Waals surface area contributed by atoms with E-state index in [1.165, 1.54) is 11.9 Å². The van der Waals surface area contributed by atoms with Gasteiger partial charge in [0.15, 0.2) is 5.65 Å². The zero-order valence-electron chi connectivity index (χ0n) is 18.0. The molecule has 2 aromatic carbocycles. The highest BCUT2D eigenvalue weighted by Gasteiger charge is 2.15. The highest BCUT2D eigenvalue weighted by molar-refractivity contribution is 5.94. The second kappa shape index (κ2) is 10.0. The van der Waals surface area contributed by atoms with Crippen molar-refractivity contribution >= 4 is 11.0 Å². The van der Waals surface area contributed by atoms with Gasteiger partial charge in [-0.1, -0.05) is 43.3 Å². The van der Waals surface area contributed by atoms with Gasteiger partial charge in [-0.05, 0) is 57.0 Å². The standard InChI is InChI=1S/C20H18N4O.C4H11N/c1-21-11-14-6-5-7-15(10-14)17-12-24(16-8-3-2-4-9-16)19-18(17)20(25)23-13-22-19;1-4-5(2)3/h2-10,12-13,21H,11H2,1H3,(H,22,23,25);4H2,1-3H3. The van der Waals surface area contributed by atoms with Crippen molar-refractivity contribution in [1.82, 2.24) is 24.8 Å². The van der Waals surface area contributed by atoms with Gasteiger partial charge < -0.3 is 19.8 Å². The number of hydrogen-bond acceptors (Lipinski definition) is 4. The van der Waals surface area contributed by atoms with E-state index >= 15 is 0 Å². The Kier molecular flexibility index (Phi) is 7.17. The third-order valence-electron chi connectivity index (χ3n) is 4.87. The summed E-state index contributed by atoms with van der Waals surface area (Å²) < 4.78 is 1.96. The number of benzene rings is 2. The molecule has 0 atom stereocenters. The molecule has 0 saturated carbocycles. The molecule has 0 spiro atoms. The maximum Gasteiger partial charge on any atom is 0.260 e. The Labute approximate surface area is 177 Å². The van der Waals surface area contributed by atoms with E-state index < -0.39 is 0 Å². The molecule has 0 saturated heterocycles. The van der Waals surface area contributed by atoms with E-state index in [0.29, 0.717) is 11.0 Å². The van der Waals surface area contributed by atoms with Gasteiger partial charge in [-0.2, -0.15) is 0 Å². The van der Waals surface area contributed by atoms with Crippen LogP contribution in [0.4, 0.5) is 0 Å². The summed E-state index contributed by atoms with van der Waals surface area (Å²) in [5.41, 5.74) is 4.55. The lowest BCUT2D eigenvalue weighted by atomic mass is 10.0. The van der Waals surface area contributed by atoms with Crippen LogP contribution in [-0.4, -0.2) is 47.1 Å². The van der Waals surface area contributed by atoms with Gasteiger partial charge in [-0.25, -0.2) is 4.98 Å². The van der Waals surface area contributed by atoms with Crippen LogP contribution < -0.4 is 10.9 Å². The summed E-state index contributed by atoms with van der Waals surface area (Å²) in [5.74, 6) is 0. The highest BCUT2D eigenvalue weighted by Crippen LogP contribution is 2.29. The van der Waals surface area contributed by atoms with Crippen LogP contribution in [0.3, 0.4) is 0 Å². The lowest BCUT2D eigenvalue weighted by Gasteiger charge is -2.04. The first kappa shape index (κ1) is 21.5. The Morgan fingerprint density at radius 1 is 1.10 bits per heavy atom. The Hall–Kier alpha value is -3.22. The molecule has 6 nitrogen and oxygen atoms in total. The Balaban J connectivity index is 0.000000461. The fourth-order valence-corrected chi connectivity index (χ4v) is 3.13. The first-order valence-electron chi connectivity index (χ1n) is 10.1. The molecule has 0 aliphatic rings. The number of para-hydroxylation sites is 1. The van der Waals surface area contributed by atoms with E-state index in [0.717, 1.165) is 29.9 Å². The first-order chi connectivity index (χ1) is 14.5. The molecule has 2 N–H and O–H groups in total. The number of nitrogens with zero attached hydrogens (tertiary/aromatic N) is 3. The summed E-state index contributed by atoms with van der Waals surface area (Å²) in [6.45, 7) is 4.04. The molecule has 2 heterocycles. The first-order valence-corrected chi connectivity index (χ1v) is 10.1. The molecule has 6 heteroatoms. The third kappa shape index (κ3) is 4.84. The van der Waals surface area contributed by atoms with E-state index in [4.69, 9.17) is 0 Å². The molecular formula is C24H29N5O. The van der Waals surface area contributed by atoms with Gasteiger partial charge in [-0.3, -0.25) is 4.79 Å². The van der Waals surface area contributed by atoms with Crippen molar-refractivity contribution in [3.63, 3.8) is 0 Å². The van der Waals surface area contributed by atoms with Gasteiger partial charge in [0.25, 0.3) is 5.56 Å². The van der Waals surface area contributed by atoms with Crippen LogP contribution in [0.1, 0.15) is 12.5 Å². The van der Waals surface area contributed by atoms with Gasteiger partial charge in [0.05, 0.1) is 11.7 Å². The minimum atomic E-state index is -0.131. The molecule has 4 aromatic rings. The maximum absolute atomic E-state index is 12.5. The molecule has 30 heavy (non-hydrogen) atoms.